The van der Waals surface area contributed by atoms with Crippen LogP contribution in [-0.4, -0.2) is 20.9 Å². The molecule has 19 heavy (non-hydrogen) atoms. The van der Waals surface area contributed by atoms with Crippen molar-refractivity contribution in [1.29, 1.82) is 0 Å². The summed E-state index contributed by atoms with van der Waals surface area (Å²) < 4.78 is 0. The van der Waals surface area contributed by atoms with Gasteiger partial charge in [0.15, 0.2) is 0 Å². The maximum atomic E-state index is 11.1. The molecule has 0 atom stereocenters. The van der Waals surface area contributed by atoms with Gasteiger partial charge in [0.05, 0.1) is 21.5 Å². The molecule has 0 heterocycles. The number of carboxylic acid groups (broad SMARTS) is 1. The van der Waals surface area contributed by atoms with E-state index in [1.54, 1.807) is 0 Å². The Morgan fingerprint density at radius 1 is 1.26 bits per heavy atom. The van der Waals surface area contributed by atoms with Crippen LogP contribution in [0.15, 0.2) is 12.1 Å². The van der Waals surface area contributed by atoms with Crippen molar-refractivity contribution in [2.75, 3.05) is 0 Å². The number of unbranched alkanes of at least 4 members (excludes halogenated alkanes) is 1. The second-order valence-electron chi connectivity index (χ2n) is 3.91. The number of rotatable bonds is 6. The largest absolute Gasteiger partial charge is 0.478 e. The zero-order chi connectivity index (χ0) is 14.6. The molecule has 0 aliphatic rings. The van der Waals surface area contributed by atoms with Crippen molar-refractivity contribution in [3.8, 4) is 0 Å². The van der Waals surface area contributed by atoms with Crippen LogP contribution in [-0.2, 0) is 6.42 Å². The fraction of sp³-hybridized carbons (Fsp3) is 0.364. The van der Waals surface area contributed by atoms with E-state index in [2.05, 4.69) is 0 Å². The lowest BCUT2D eigenvalue weighted by atomic mass is 9.99. The summed E-state index contributed by atoms with van der Waals surface area (Å²) in [7, 11) is 0. The van der Waals surface area contributed by atoms with E-state index in [1.165, 1.54) is 0 Å². The van der Waals surface area contributed by atoms with Crippen molar-refractivity contribution in [2.24, 2.45) is 0 Å². The molecule has 0 aliphatic heterocycles. The van der Waals surface area contributed by atoms with Crippen molar-refractivity contribution in [1.82, 2.24) is 0 Å². The molecule has 0 saturated carbocycles. The highest BCUT2D eigenvalue weighted by Gasteiger charge is 2.26. The van der Waals surface area contributed by atoms with Gasteiger partial charge < -0.3 is 5.11 Å². The molecule has 1 aromatic carbocycles. The Hall–Kier alpha value is -2.51. The number of hydrogen-bond acceptors (Lipinski definition) is 5. The minimum atomic E-state index is -1.40. The summed E-state index contributed by atoms with van der Waals surface area (Å²) in [5.41, 5.74) is -1.45. The summed E-state index contributed by atoms with van der Waals surface area (Å²) in [4.78, 5) is 31.0. The van der Waals surface area contributed by atoms with Gasteiger partial charge in [-0.25, -0.2) is 4.79 Å². The van der Waals surface area contributed by atoms with E-state index >= 15 is 0 Å². The molecule has 0 aromatic heterocycles. The number of nitrogens with zero attached hydrogens (tertiary/aromatic N) is 2. The molecule has 0 spiro atoms. The van der Waals surface area contributed by atoms with Crippen LogP contribution in [0.25, 0.3) is 0 Å². The molecule has 8 nitrogen and oxygen atoms in total. The third-order valence-corrected chi connectivity index (χ3v) is 2.63. The van der Waals surface area contributed by atoms with Crippen LogP contribution in [0.2, 0.25) is 0 Å². The maximum Gasteiger partial charge on any atom is 0.336 e. The molecular formula is C11H12N2O6. The van der Waals surface area contributed by atoms with E-state index in [0.29, 0.717) is 6.42 Å². The Bertz CT molecular complexity index is 505. The van der Waals surface area contributed by atoms with Gasteiger partial charge in [-0.15, -0.1) is 0 Å². The third-order valence-electron chi connectivity index (χ3n) is 2.63. The van der Waals surface area contributed by atoms with Gasteiger partial charge in [-0.2, -0.15) is 0 Å². The van der Waals surface area contributed by atoms with Crippen LogP contribution < -0.4 is 0 Å². The second kappa shape index (κ2) is 5.89. The monoisotopic (exact) mass is 268 g/mol. The predicted molar refractivity (Wildman–Crippen MR) is 65.3 cm³/mol. The first-order valence-corrected chi connectivity index (χ1v) is 5.57. The lowest BCUT2D eigenvalue weighted by Crippen LogP contribution is -2.08. The fourth-order valence-electron chi connectivity index (χ4n) is 1.72. The Morgan fingerprint density at radius 2 is 1.89 bits per heavy atom. The lowest BCUT2D eigenvalue weighted by Gasteiger charge is -2.06. The number of nitro groups is 2. The number of carbonyl (C=O) groups is 1. The summed E-state index contributed by atoms with van der Waals surface area (Å²) in [5, 5.41) is 30.6. The molecule has 1 aromatic rings. The van der Waals surface area contributed by atoms with Crippen LogP contribution >= 0.6 is 0 Å². The summed E-state index contributed by atoms with van der Waals surface area (Å²) in [5.74, 6) is -1.40. The average Bonchev–Trinajstić information content (AvgIpc) is 2.34. The van der Waals surface area contributed by atoms with Gasteiger partial charge in [-0.1, -0.05) is 13.3 Å². The molecular weight excluding hydrogens is 256 g/mol. The zero-order valence-corrected chi connectivity index (χ0v) is 10.2. The van der Waals surface area contributed by atoms with Crippen LogP contribution in [0, 0.1) is 20.2 Å². The Balaban J connectivity index is 3.50. The number of benzene rings is 1. The molecule has 0 radical (unpaired) electrons. The lowest BCUT2D eigenvalue weighted by molar-refractivity contribution is -0.394. The molecule has 0 aliphatic carbocycles. The fourth-order valence-corrected chi connectivity index (χ4v) is 1.72. The number of aromatic carboxylic acids is 1. The number of carboxylic acids is 1. The molecule has 0 saturated heterocycles. The van der Waals surface area contributed by atoms with Crippen molar-refractivity contribution >= 4 is 17.3 Å². The van der Waals surface area contributed by atoms with Crippen molar-refractivity contribution < 1.29 is 19.7 Å². The highest BCUT2D eigenvalue weighted by atomic mass is 16.6. The van der Waals surface area contributed by atoms with E-state index in [-0.39, 0.29) is 17.5 Å². The van der Waals surface area contributed by atoms with Crippen molar-refractivity contribution in [3.63, 3.8) is 0 Å². The van der Waals surface area contributed by atoms with Gasteiger partial charge in [0.2, 0.25) is 0 Å². The van der Waals surface area contributed by atoms with Crippen LogP contribution in [0.4, 0.5) is 11.4 Å². The van der Waals surface area contributed by atoms with E-state index in [0.717, 1.165) is 18.6 Å². The Kier molecular flexibility index (Phi) is 4.51. The standard InChI is InChI=1S/C11H12N2O6/c1-2-3-4-8-9(11(14)15)5-7(12(16)17)6-10(8)13(18)19/h5-6H,2-4H2,1H3,(H,14,15). The van der Waals surface area contributed by atoms with E-state index in [4.69, 9.17) is 5.11 Å². The van der Waals surface area contributed by atoms with Crippen LogP contribution in [0.1, 0.15) is 35.7 Å². The molecule has 0 amide bonds. The van der Waals surface area contributed by atoms with Gasteiger partial charge in [0.1, 0.15) is 0 Å². The second-order valence-corrected chi connectivity index (χ2v) is 3.91. The van der Waals surface area contributed by atoms with Gasteiger partial charge in [-0.05, 0) is 12.8 Å². The van der Waals surface area contributed by atoms with E-state index in [9.17, 15) is 25.0 Å². The van der Waals surface area contributed by atoms with Gasteiger partial charge in [0, 0.05) is 11.6 Å². The normalized spacial score (nSPS) is 10.2. The molecule has 102 valence electrons. The molecule has 8 heteroatoms. The van der Waals surface area contributed by atoms with Crippen molar-refractivity contribution in [3.05, 3.63) is 43.5 Å². The third kappa shape index (κ3) is 3.24. The summed E-state index contributed by atoms with van der Waals surface area (Å²) in [6.45, 7) is 1.86. The first-order chi connectivity index (χ1) is 8.88. The first kappa shape index (κ1) is 14.6. The zero-order valence-electron chi connectivity index (χ0n) is 10.2. The van der Waals surface area contributed by atoms with Crippen LogP contribution in [0.3, 0.4) is 0 Å². The average molecular weight is 268 g/mol. The summed E-state index contributed by atoms with van der Waals surface area (Å²) in [6, 6.07) is 1.66. The molecule has 1 N–H and O–H groups in total. The number of nitro benzene ring substituents is 2. The number of hydrogen-bond donors (Lipinski definition) is 1. The van der Waals surface area contributed by atoms with Crippen molar-refractivity contribution in [2.45, 2.75) is 26.2 Å². The van der Waals surface area contributed by atoms with E-state index in [1.807, 2.05) is 6.92 Å². The van der Waals surface area contributed by atoms with Gasteiger partial charge >= 0.3 is 5.97 Å². The first-order valence-electron chi connectivity index (χ1n) is 5.57. The number of non-ortho nitro benzene ring substituents is 1. The summed E-state index contributed by atoms with van der Waals surface area (Å²) in [6.07, 6.45) is 1.50. The van der Waals surface area contributed by atoms with E-state index < -0.39 is 27.2 Å². The summed E-state index contributed by atoms with van der Waals surface area (Å²) >= 11 is 0. The topological polar surface area (TPSA) is 124 Å². The highest BCUT2D eigenvalue weighted by Crippen LogP contribution is 2.30. The minimum Gasteiger partial charge on any atom is -0.478 e. The SMILES string of the molecule is CCCCc1c(C(=O)O)cc([N+](=O)[O-])cc1[N+](=O)[O-]. The predicted octanol–water partition coefficient (Wildman–Crippen LogP) is 2.54. The Labute approximate surface area is 108 Å². The smallest absolute Gasteiger partial charge is 0.336 e. The minimum absolute atomic E-state index is 0.0324. The molecule has 0 unspecified atom stereocenters. The quantitative estimate of drug-likeness (QED) is 0.624. The molecule has 0 bridgehead atoms. The van der Waals surface area contributed by atoms with Gasteiger partial charge in [-0.3, -0.25) is 20.2 Å². The highest BCUT2D eigenvalue weighted by molar-refractivity contribution is 5.91. The molecule has 1 rings (SSSR count). The maximum absolute atomic E-state index is 11.1. The Morgan fingerprint density at radius 3 is 2.32 bits per heavy atom. The molecule has 0 fully saturated rings. The van der Waals surface area contributed by atoms with Gasteiger partial charge in [0.25, 0.3) is 11.4 Å². The van der Waals surface area contributed by atoms with Crippen LogP contribution in [0.5, 0.6) is 0 Å².